The Morgan fingerprint density at radius 1 is 1.15 bits per heavy atom. The maximum atomic E-state index is 15.1. The van der Waals surface area contributed by atoms with Crippen LogP contribution in [0.1, 0.15) is 47.8 Å². The van der Waals surface area contributed by atoms with Gasteiger partial charge in [-0.1, -0.05) is 0 Å². The van der Waals surface area contributed by atoms with Gasteiger partial charge in [0.05, 0.1) is 25.0 Å². The molecule has 0 amide bonds. The number of hydrogen-bond acceptors (Lipinski definition) is 11. The van der Waals surface area contributed by atoms with E-state index in [1.54, 1.807) is 0 Å². The fourth-order valence-electron chi connectivity index (χ4n) is 3.59. The number of hydrogen-bond donors (Lipinski definition) is 4. The molecule has 5 N–H and O–H groups in total. The Kier molecular flexibility index (Phi) is 11.4. The van der Waals surface area contributed by atoms with Gasteiger partial charge in [0, 0.05) is 0 Å². The van der Waals surface area contributed by atoms with Crippen LogP contribution in [0.3, 0.4) is 0 Å². The fourth-order valence-corrected chi connectivity index (χ4v) is 5.42. The molecule has 0 aromatic carbocycles. The smallest absolute Gasteiger partial charge is 0.351 e. The van der Waals surface area contributed by atoms with Crippen molar-refractivity contribution in [3.63, 3.8) is 0 Å². The maximum absolute atomic E-state index is 15.1. The molecule has 1 aliphatic rings. The van der Waals surface area contributed by atoms with Gasteiger partial charge in [0.25, 0.3) is 6.43 Å². The summed E-state index contributed by atoms with van der Waals surface area (Å²) in [5, 5.41) is 15.0. The first kappa shape index (κ1) is 34.6. The van der Waals surface area contributed by atoms with Crippen molar-refractivity contribution in [1.82, 2.24) is 19.7 Å². The van der Waals surface area contributed by atoms with Gasteiger partial charge < -0.3 is 29.6 Å². The average molecular weight is 620 g/mol. The molecule has 1 aliphatic heterocycles. The van der Waals surface area contributed by atoms with Crippen LogP contribution in [-0.4, -0.2) is 81.8 Å². The van der Waals surface area contributed by atoms with E-state index in [4.69, 9.17) is 24.5 Å². The third-order valence-corrected chi connectivity index (χ3v) is 7.55. The van der Waals surface area contributed by atoms with Crippen LogP contribution in [0.4, 0.5) is 23.4 Å². The van der Waals surface area contributed by atoms with Crippen LogP contribution < -0.4 is 21.6 Å². The molecule has 14 nitrogen and oxygen atoms in total. The van der Waals surface area contributed by atoms with Crippen molar-refractivity contribution < 1.29 is 55.6 Å². The third kappa shape index (κ3) is 8.23. The first-order chi connectivity index (χ1) is 18.8. The minimum Gasteiger partial charge on any atom is -0.462 e. The topological polar surface area (TPSA) is 193 Å². The molecule has 0 unspecified atom stereocenters. The zero-order chi connectivity index (χ0) is 31.4. The number of anilines is 1. The summed E-state index contributed by atoms with van der Waals surface area (Å²) in [5.41, 5.74) is 0.538. The van der Waals surface area contributed by atoms with Gasteiger partial charge in [0.2, 0.25) is 0 Å². The Morgan fingerprint density at radius 2 is 1.63 bits per heavy atom. The van der Waals surface area contributed by atoms with Gasteiger partial charge in [-0.25, -0.2) is 32.5 Å². The lowest BCUT2D eigenvalue weighted by molar-refractivity contribution is -0.192. The van der Waals surface area contributed by atoms with Gasteiger partial charge in [0.1, 0.15) is 18.2 Å². The molecule has 2 heterocycles. The van der Waals surface area contributed by atoms with E-state index in [-0.39, 0.29) is 4.57 Å². The van der Waals surface area contributed by atoms with E-state index in [2.05, 4.69) is 15.2 Å². The van der Waals surface area contributed by atoms with E-state index in [0.717, 1.165) is 0 Å². The number of aromatic nitrogens is 2. The first-order valence-corrected chi connectivity index (χ1v) is 14.0. The predicted molar refractivity (Wildman–Crippen MR) is 134 cm³/mol. The lowest BCUT2D eigenvalue weighted by Crippen LogP contribution is -2.53. The lowest BCUT2D eigenvalue weighted by Gasteiger charge is -2.33. The van der Waals surface area contributed by atoms with Crippen LogP contribution in [0, 0.1) is 5.82 Å². The van der Waals surface area contributed by atoms with Crippen molar-refractivity contribution in [3.8, 4) is 0 Å². The molecule has 41 heavy (non-hydrogen) atoms. The lowest BCUT2D eigenvalue weighted by atomic mass is 9.97. The molecule has 1 aromatic heterocycles. The van der Waals surface area contributed by atoms with Crippen molar-refractivity contribution in [2.75, 3.05) is 12.3 Å². The van der Waals surface area contributed by atoms with Gasteiger partial charge in [-0.2, -0.15) is 4.98 Å². The summed E-state index contributed by atoms with van der Waals surface area (Å²) in [6, 6.07) is -2.80. The second-order valence-electron chi connectivity index (χ2n) is 9.82. The summed E-state index contributed by atoms with van der Waals surface area (Å²) in [5.74, 6) is -4.00. The standard InChI is InChI=1S/C22H34F4N5O9P/c1-9(2)38-18(33)11(5)29-41(36,30-12(6)19(34)39-10(3)4)37-8-22(20(25)26)15(32)14(24)17(40-22)31-7-13(23)16(27)28-21(31)35/h7,9-12,14-15,17,20,32H,8H2,1-6H3,(H2,27,28,35)(H2,29,30,36)/t11-,12-,14+,15-,17+,22+/m0/s1. The summed E-state index contributed by atoms with van der Waals surface area (Å²) in [4.78, 5) is 39.9. The molecule has 6 atom stereocenters. The van der Waals surface area contributed by atoms with Crippen molar-refractivity contribution >= 4 is 25.4 Å². The summed E-state index contributed by atoms with van der Waals surface area (Å²) < 4.78 is 92.0. The number of carbonyl (C=O) groups is 2. The summed E-state index contributed by atoms with van der Waals surface area (Å²) in [6.07, 6.45) is -12.3. The van der Waals surface area contributed by atoms with Gasteiger partial charge in [-0.3, -0.25) is 18.7 Å². The highest BCUT2D eigenvalue weighted by atomic mass is 31.2. The molecule has 1 fully saturated rings. The largest absolute Gasteiger partial charge is 0.462 e. The Bertz CT molecular complexity index is 1170. The number of alkyl halides is 3. The molecular formula is C22H34F4N5O9P. The molecule has 19 heteroatoms. The number of nitrogens with zero attached hydrogens (tertiary/aromatic N) is 2. The number of nitrogens with two attached hydrogens (primary N) is 1. The minimum atomic E-state index is -4.73. The molecule has 0 aliphatic carbocycles. The average Bonchev–Trinajstić information content (AvgIpc) is 3.10. The van der Waals surface area contributed by atoms with Crippen LogP contribution in [-0.2, 0) is 32.9 Å². The molecule has 234 valence electrons. The minimum absolute atomic E-state index is 0.174. The summed E-state index contributed by atoms with van der Waals surface area (Å²) >= 11 is 0. The number of aliphatic hydroxyl groups excluding tert-OH is 1. The molecule has 0 saturated carbocycles. The normalized spacial score (nSPS) is 24.6. The number of ether oxygens (including phenoxy) is 3. The zero-order valence-corrected chi connectivity index (χ0v) is 23.9. The van der Waals surface area contributed by atoms with Crippen molar-refractivity contribution in [3.05, 3.63) is 22.5 Å². The number of rotatable bonds is 13. The second-order valence-corrected chi connectivity index (χ2v) is 11.7. The maximum Gasteiger partial charge on any atom is 0.351 e. The summed E-state index contributed by atoms with van der Waals surface area (Å²) in [7, 11) is -4.73. The predicted octanol–water partition coefficient (Wildman–Crippen LogP) is 1.18. The zero-order valence-electron chi connectivity index (χ0n) is 23.0. The SMILES string of the molecule is CC(C)OC(=O)[C@H](C)NP(=O)(N[C@@H](C)C(=O)OC(C)C)OC[C@@]1(C(F)F)O[C@@H](n2cc(F)c(N)nc2=O)[C@H](F)[C@@H]1O. The number of aliphatic hydroxyl groups is 1. The number of nitrogen functional groups attached to an aromatic ring is 1. The fraction of sp³-hybridized carbons (Fsp3) is 0.727. The van der Waals surface area contributed by atoms with E-state index >= 15 is 4.39 Å². The third-order valence-electron chi connectivity index (χ3n) is 5.60. The molecule has 1 saturated heterocycles. The summed E-state index contributed by atoms with van der Waals surface area (Å²) in [6.45, 7) is 7.02. The first-order valence-electron chi connectivity index (χ1n) is 12.4. The van der Waals surface area contributed by atoms with Crippen LogP contribution >= 0.6 is 7.67 Å². The Morgan fingerprint density at radius 3 is 2.07 bits per heavy atom. The Hall–Kier alpha value is -2.63. The molecule has 0 bridgehead atoms. The van der Waals surface area contributed by atoms with Crippen LogP contribution in [0.2, 0.25) is 0 Å². The van der Waals surface area contributed by atoms with Crippen LogP contribution in [0.25, 0.3) is 0 Å². The number of halogens is 4. The molecule has 1 aromatic rings. The number of esters is 2. The number of nitrogens with one attached hydrogen (secondary N) is 2. The molecular weight excluding hydrogens is 585 g/mol. The van der Waals surface area contributed by atoms with Gasteiger partial charge in [-0.15, -0.1) is 0 Å². The van der Waals surface area contributed by atoms with E-state index in [0.29, 0.717) is 6.20 Å². The monoisotopic (exact) mass is 619 g/mol. The molecule has 0 spiro atoms. The van der Waals surface area contributed by atoms with Gasteiger partial charge in [0.15, 0.2) is 29.6 Å². The number of carbonyl (C=O) groups excluding carboxylic acids is 2. The van der Waals surface area contributed by atoms with Crippen LogP contribution in [0.5, 0.6) is 0 Å². The van der Waals surface area contributed by atoms with Crippen molar-refractivity contribution in [2.24, 2.45) is 0 Å². The molecule has 0 radical (unpaired) electrons. The highest BCUT2D eigenvalue weighted by Crippen LogP contribution is 2.47. The highest BCUT2D eigenvalue weighted by molar-refractivity contribution is 7.54. The van der Waals surface area contributed by atoms with E-state index in [1.165, 1.54) is 41.5 Å². The second kappa shape index (κ2) is 13.6. The Labute approximate surface area is 232 Å². The Balaban J connectivity index is 2.41. The molecule has 2 rings (SSSR count). The van der Waals surface area contributed by atoms with E-state index in [1.807, 2.05) is 0 Å². The van der Waals surface area contributed by atoms with E-state index < -0.39 is 98.4 Å². The van der Waals surface area contributed by atoms with Crippen LogP contribution in [0.15, 0.2) is 11.0 Å². The quantitative estimate of drug-likeness (QED) is 0.140. The van der Waals surface area contributed by atoms with Gasteiger partial charge in [-0.05, 0) is 41.5 Å². The van der Waals surface area contributed by atoms with Gasteiger partial charge >= 0.3 is 25.3 Å². The van der Waals surface area contributed by atoms with Crippen molar-refractivity contribution in [1.29, 1.82) is 0 Å². The highest BCUT2D eigenvalue weighted by Gasteiger charge is 2.62. The van der Waals surface area contributed by atoms with E-state index in [9.17, 15) is 37.2 Å². The van der Waals surface area contributed by atoms with Crippen molar-refractivity contribution in [2.45, 2.75) is 96.4 Å².